The summed E-state index contributed by atoms with van der Waals surface area (Å²) in [4.78, 5) is 13.8. The number of hydrogen-bond donors (Lipinski definition) is 2. The molecule has 1 fully saturated rings. The Labute approximate surface area is 97.8 Å². The van der Waals surface area contributed by atoms with Gasteiger partial charge in [0, 0.05) is 19.0 Å². The molecule has 0 aromatic heterocycles. The monoisotopic (exact) mass is 228 g/mol. The van der Waals surface area contributed by atoms with Gasteiger partial charge in [-0.25, -0.2) is 0 Å². The molecule has 1 aliphatic rings. The highest BCUT2D eigenvalue weighted by atomic mass is 16.3. The first-order valence-electron chi connectivity index (χ1n) is 6.14. The SMILES string of the molecule is CC(C)CC(N)C(=O)N1CCC(C(C)O)C1. The number of nitrogens with zero attached hydrogens (tertiary/aromatic N) is 1. The van der Waals surface area contributed by atoms with Crippen LogP contribution in [0, 0.1) is 11.8 Å². The van der Waals surface area contributed by atoms with Gasteiger partial charge in [-0.2, -0.15) is 0 Å². The highest BCUT2D eigenvalue weighted by Gasteiger charge is 2.31. The van der Waals surface area contributed by atoms with Crippen LogP contribution in [-0.2, 0) is 4.79 Å². The van der Waals surface area contributed by atoms with Crippen LogP contribution in [0.15, 0.2) is 0 Å². The van der Waals surface area contributed by atoms with E-state index < -0.39 is 0 Å². The van der Waals surface area contributed by atoms with Gasteiger partial charge in [0.05, 0.1) is 12.1 Å². The number of nitrogens with two attached hydrogens (primary N) is 1. The van der Waals surface area contributed by atoms with E-state index in [1.165, 1.54) is 0 Å². The van der Waals surface area contributed by atoms with Gasteiger partial charge in [-0.3, -0.25) is 4.79 Å². The van der Waals surface area contributed by atoms with Crippen molar-refractivity contribution in [1.82, 2.24) is 4.90 Å². The summed E-state index contributed by atoms with van der Waals surface area (Å²) in [7, 11) is 0. The lowest BCUT2D eigenvalue weighted by molar-refractivity contribution is -0.132. The lowest BCUT2D eigenvalue weighted by Crippen LogP contribution is -2.43. The van der Waals surface area contributed by atoms with E-state index in [9.17, 15) is 9.90 Å². The molecule has 0 aromatic rings. The normalized spacial score (nSPS) is 24.9. The predicted octanol–water partition coefficient (Wildman–Crippen LogP) is 0.589. The van der Waals surface area contributed by atoms with E-state index in [1.807, 2.05) is 0 Å². The third-order valence-electron chi connectivity index (χ3n) is 3.26. The number of amides is 1. The molecule has 4 nitrogen and oxygen atoms in total. The first kappa shape index (κ1) is 13.5. The zero-order valence-corrected chi connectivity index (χ0v) is 10.5. The van der Waals surface area contributed by atoms with Crippen molar-refractivity contribution in [3.05, 3.63) is 0 Å². The molecule has 0 radical (unpaired) electrons. The molecule has 94 valence electrons. The number of rotatable bonds is 4. The second-order valence-electron chi connectivity index (χ2n) is 5.31. The highest BCUT2D eigenvalue weighted by molar-refractivity contribution is 5.81. The van der Waals surface area contributed by atoms with Gasteiger partial charge in [-0.15, -0.1) is 0 Å². The standard InChI is InChI=1S/C12H24N2O2/c1-8(2)6-11(13)12(16)14-5-4-10(7-14)9(3)15/h8-11,15H,4-7,13H2,1-3H3. The fourth-order valence-electron chi connectivity index (χ4n) is 2.22. The average molecular weight is 228 g/mol. The molecule has 0 saturated carbocycles. The third kappa shape index (κ3) is 3.46. The van der Waals surface area contributed by atoms with Gasteiger partial charge in [0.2, 0.25) is 5.91 Å². The molecule has 0 bridgehead atoms. The molecule has 1 aliphatic heterocycles. The number of likely N-dealkylation sites (tertiary alicyclic amines) is 1. The number of carbonyl (C=O) groups excluding carboxylic acids is 1. The van der Waals surface area contributed by atoms with Gasteiger partial charge in [0.1, 0.15) is 0 Å². The van der Waals surface area contributed by atoms with Crippen LogP contribution in [-0.4, -0.2) is 41.1 Å². The summed E-state index contributed by atoms with van der Waals surface area (Å²) in [6.45, 7) is 7.31. The van der Waals surface area contributed by atoms with E-state index in [-0.39, 0.29) is 24.0 Å². The van der Waals surface area contributed by atoms with Crippen LogP contribution >= 0.6 is 0 Å². The molecule has 1 amide bonds. The van der Waals surface area contributed by atoms with Crippen molar-refractivity contribution >= 4 is 5.91 Å². The Morgan fingerprint density at radius 2 is 2.12 bits per heavy atom. The molecule has 3 unspecified atom stereocenters. The van der Waals surface area contributed by atoms with Gasteiger partial charge in [0.15, 0.2) is 0 Å². The third-order valence-corrected chi connectivity index (χ3v) is 3.26. The Bertz CT molecular complexity index is 241. The molecule has 3 atom stereocenters. The second kappa shape index (κ2) is 5.64. The van der Waals surface area contributed by atoms with Crippen LogP contribution in [0.1, 0.15) is 33.6 Å². The van der Waals surface area contributed by atoms with Crippen molar-refractivity contribution in [1.29, 1.82) is 0 Å². The minimum Gasteiger partial charge on any atom is -0.393 e. The van der Waals surface area contributed by atoms with Crippen LogP contribution in [0.4, 0.5) is 0 Å². The smallest absolute Gasteiger partial charge is 0.239 e. The second-order valence-corrected chi connectivity index (χ2v) is 5.31. The lowest BCUT2D eigenvalue weighted by atomic mass is 10.0. The number of aliphatic hydroxyl groups excluding tert-OH is 1. The Morgan fingerprint density at radius 1 is 1.50 bits per heavy atom. The van der Waals surface area contributed by atoms with E-state index in [0.717, 1.165) is 19.4 Å². The largest absolute Gasteiger partial charge is 0.393 e. The van der Waals surface area contributed by atoms with E-state index in [4.69, 9.17) is 5.73 Å². The fraction of sp³-hybridized carbons (Fsp3) is 0.917. The zero-order chi connectivity index (χ0) is 12.3. The highest BCUT2D eigenvalue weighted by Crippen LogP contribution is 2.20. The Balaban J connectivity index is 2.44. The minimum atomic E-state index is -0.382. The van der Waals surface area contributed by atoms with Crippen molar-refractivity contribution in [3.8, 4) is 0 Å². The van der Waals surface area contributed by atoms with Crippen LogP contribution in [0.25, 0.3) is 0 Å². The van der Waals surface area contributed by atoms with Crippen LogP contribution in [0.3, 0.4) is 0 Å². The molecule has 0 spiro atoms. The van der Waals surface area contributed by atoms with E-state index >= 15 is 0 Å². The lowest BCUT2D eigenvalue weighted by Gasteiger charge is -2.22. The molecule has 0 aliphatic carbocycles. The van der Waals surface area contributed by atoms with Gasteiger partial charge >= 0.3 is 0 Å². The van der Waals surface area contributed by atoms with E-state index in [0.29, 0.717) is 12.5 Å². The molecule has 4 heteroatoms. The van der Waals surface area contributed by atoms with Gasteiger partial charge in [-0.1, -0.05) is 13.8 Å². The minimum absolute atomic E-state index is 0.0388. The zero-order valence-electron chi connectivity index (χ0n) is 10.5. The molecule has 16 heavy (non-hydrogen) atoms. The molecule has 1 saturated heterocycles. The molecule has 1 rings (SSSR count). The number of hydrogen-bond acceptors (Lipinski definition) is 3. The average Bonchev–Trinajstić information content (AvgIpc) is 2.64. The maximum atomic E-state index is 12.0. The number of aliphatic hydroxyl groups is 1. The maximum absolute atomic E-state index is 12.0. The predicted molar refractivity (Wildman–Crippen MR) is 63.8 cm³/mol. The Morgan fingerprint density at radius 3 is 2.56 bits per heavy atom. The van der Waals surface area contributed by atoms with Gasteiger partial charge in [0.25, 0.3) is 0 Å². The molecular weight excluding hydrogens is 204 g/mol. The van der Waals surface area contributed by atoms with Crippen molar-refractivity contribution in [2.24, 2.45) is 17.6 Å². The summed E-state index contributed by atoms with van der Waals surface area (Å²) >= 11 is 0. The van der Waals surface area contributed by atoms with E-state index in [2.05, 4.69) is 13.8 Å². The molecular formula is C12H24N2O2. The Hall–Kier alpha value is -0.610. The molecule has 3 N–H and O–H groups in total. The first-order valence-corrected chi connectivity index (χ1v) is 6.14. The van der Waals surface area contributed by atoms with Crippen molar-refractivity contribution in [2.45, 2.75) is 45.8 Å². The van der Waals surface area contributed by atoms with Crippen LogP contribution in [0.5, 0.6) is 0 Å². The summed E-state index contributed by atoms with van der Waals surface area (Å²) in [5.41, 5.74) is 5.87. The van der Waals surface area contributed by atoms with E-state index in [1.54, 1.807) is 11.8 Å². The van der Waals surface area contributed by atoms with Crippen molar-refractivity contribution in [2.75, 3.05) is 13.1 Å². The van der Waals surface area contributed by atoms with Crippen LogP contribution in [0.2, 0.25) is 0 Å². The molecule has 0 aromatic carbocycles. The Kier molecular flexibility index (Phi) is 4.74. The van der Waals surface area contributed by atoms with Gasteiger partial charge in [-0.05, 0) is 25.7 Å². The van der Waals surface area contributed by atoms with Crippen molar-refractivity contribution < 1.29 is 9.90 Å². The first-order chi connectivity index (χ1) is 7.41. The molecule has 1 heterocycles. The van der Waals surface area contributed by atoms with Crippen LogP contribution < -0.4 is 5.73 Å². The number of carbonyl (C=O) groups is 1. The van der Waals surface area contributed by atoms with Crippen molar-refractivity contribution in [3.63, 3.8) is 0 Å². The fourth-order valence-corrected chi connectivity index (χ4v) is 2.22. The summed E-state index contributed by atoms with van der Waals surface area (Å²) < 4.78 is 0. The maximum Gasteiger partial charge on any atom is 0.239 e. The summed E-state index contributed by atoms with van der Waals surface area (Å²) in [5.74, 6) is 0.696. The summed E-state index contributed by atoms with van der Waals surface area (Å²) in [5, 5.41) is 9.47. The summed E-state index contributed by atoms with van der Waals surface area (Å²) in [6, 6.07) is -0.382. The topological polar surface area (TPSA) is 66.6 Å². The summed E-state index contributed by atoms with van der Waals surface area (Å²) in [6.07, 6.45) is 1.28. The van der Waals surface area contributed by atoms with Gasteiger partial charge < -0.3 is 15.7 Å². The quantitative estimate of drug-likeness (QED) is 0.740.